The minimum atomic E-state index is -0.511. The van der Waals surface area contributed by atoms with E-state index < -0.39 is 11.0 Å². The lowest BCUT2D eigenvalue weighted by Crippen LogP contribution is -2.30. The number of urea groups is 1. The van der Waals surface area contributed by atoms with Crippen molar-refractivity contribution in [3.8, 4) is 0 Å². The van der Waals surface area contributed by atoms with Crippen molar-refractivity contribution in [1.82, 2.24) is 10.3 Å². The molecule has 0 spiro atoms. The van der Waals surface area contributed by atoms with Crippen LogP contribution in [0, 0.1) is 10.1 Å². The molecule has 0 atom stereocenters. The molecule has 0 bridgehead atoms. The van der Waals surface area contributed by atoms with Gasteiger partial charge in [-0.05, 0) is 13.0 Å². The average molecular weight is 338 g/mol. The van der Waals surface area contributed by atoms with Crippen LogP contribution < -0.4 is 10.6 Å². The van der Waals surface area contributed by atoms with Gasteiger partial charge >= 0.3 is 12.0 Å². The Balaban J connectivity index is 1.92. The number of nitro benzene ring substituents is 1. The van der Waals surface area contributed by atoms with E-state index in [2.05, 4.69) is 15.6 Å². The van der Waals surface area contributed by atoms with E-state index in [1.807, 2.05) is 0 Å². The van der Waals surface area contributed by atoms with Crippen LogP contribution in [0.15, 0.2) is 18.2 Å². The summed E-state index contributed by atoms with van der Waals surface area (Å²) in [5, 5.41) is 16.1. The number of esters is 1. The summed E-state index contributed by atoms with van der Waals surface area (Å²) in [6.07, 6.45) is 0.0767. The number of ether oxygens (including phenoxy) is 1. The summed E-state index contributed by atoms with van der Waals surface area (Å²) in [4.78, 5) is 37.2. The Morgan fingerprint density at radius 1 is 1.43 bits per heavy atom. The molecule has 0 saturated carbocycles. The van der Waals surface area contributed by atoms with Gasteiger partial charge in [0.1, 0.15) is 0 Å². The quantitative estimate of drug-likeness (QED) is 0.473. The number of amides is 2. The molecule has 2 N–H and O–H groups in total. The number of thiazole rings is 1. The third-order valence-corrected chi connectivity index (χ3v) is 3.66. The number of nitro groups is 1. The number of nitrogens with one attached hydrogen (secondary N) is 2. The summed E-state index contributed by atoms with van der Waals surface area (Å²) >= 11 is 1.13. The van der Waals surface area contributed by atoms with Crippen molar-refractivity contribution in [2.24, 2.45) is 0 Å². The second-order valence-electron chi connectivity index (χ2n) is 4.36. The number of carbonyl (C=O) groups excluding carboxylic acids is 2. The Morgan fingerprint density at radius 3 is 2.91 bits per heavy atom. The lowest BCUT2D eigenvalue weighted by Gasteiger charge is -2.04. The van der Waals surface area contributed by atoms with E-state index in [-0.39, 0.29) is 24.6 Å². The molecule has 0 saturated heterocycles. The van der Waals surface area contributed by atoms with Crippen LogP contribution in [0.4, 0.5) is 15.6 Å². The van der Waals surface area contributed by atoms with Crippen LogP contribution >= 0.6 is 11.3 Å². The number of aromatic nitrogens is 1. The lowest BCUT2D eigenvalue weighted by molar-refractivity contribution is -0.384. The molecule has 0 aliphatic carbocycles. The Morgan fingerprint density at radius 2 is 2.22 bits per heavy atom. The summed E-state index contributed by atoms with van der Waals surface area (Å²) in [6, 6.07) is 3.76. The molecule has 1 aromatic heterocycles. The minimum absolute atomic E-state index is 0.0356. The van der Waals surface area contributed by atoms with E-state index in [9.17, 15) is 19.7 Å². The van der Waals surface area contributed by atoms with Gasteiger partial charge in [0.25, 0.3) is 5.69 Å². The molecule has 122 valence electrons. The van der Waals surface area contributed by atoms with Gasteiger partial charge in [-0.3, -0.25) is 20.2 Å². The van der Waals surface area contributed by atoms with Crippen LogP contribution in [0.1, 0.15) is 13.3 Å². The fourth-order valence-corrected chi connectivity index (χ4v) is 2.63. The summed E-state index contributed by atoms with van der Waals surface area (Å²) in [5.74, 6) is -0.389. The predicted octanol–water partition coefficient (Wildman–Crippen LogP) is 2.28. The molecular weight excluding hydrogens is 324 g/mol. The maximum atomic E-state index is 11.7. The zero-order valence-electron chi connectivity index (χ0n) is 12.2. The number of benzene rings is 1. The zero-order chi connectivity index (χ0) is 16.8. The van der Waals surface area contributed by atoms with Gasteiger partial charge in [-0.15, -0.1) is 0 Å². The number of fused-ring (bicyclic) bond motifs is 1. The molecule has 2 rings (SSSR count). The SMILES string of the molecule is CCOC(=O)CCNC(=O)Nc1nc2ccc([N+](=O)[O-])cc2s1. The van der Waals surface area contributed by atoms with Crippen molar-refractivity contribution in [2.75, 3.05) is 18.5 Å². The smallest absolute Gasteiger partial charge is 0.321 e. The second-order valence-corrected chi connectivity index (χ2v) is 5.39. The molecule has 9 nitrogen and oxygen atoms in total. The largest absolute Gasteiger partial charge is 0.466 e. The third-order valence-electron chi connectivity index (χ3n) is 2.72. The molecule has 0 fully saturated rings. The molecule has 2 amide bonds. The maximum absolute atomic E-state index is 11.7. The van der Waals surface area contributed by atoms with Gasteiger partial charge in [-0.2, -0.15) is 0 Å². The van der Waals surface area contributed by atoms with Crippen molar-refractivity contribution >= 4 is 44.4 Å². The number of hydrogen-bond donors (Lipinski definition) is 2. The molecule has 0 aliphatic rings. The first kappa shape index (κ1) is 16.6. The van der Waals surface area contributed by atoms with Crippen LogP contribution in [0.25, 0.3) is 10.2 Å². The first-order valence-corrected chi connectivity index (χ1v) is 7.56. The molecular formula is C13H14N4O5S. The van der Waals surface area contributed by atoms with Crippen molar-refractivity contribution in [1.29, 1.82) is 0 Å². The number of nitrogens with zero attached hydrogens (tertiary/aromatic N) is 2. The van der Waals surface area contributed by atoms with E-state index in [1.54, 1.807) is 6.92 Å². The van der Waals surface area contributed by atoms with Gasteiger partial charge in [0.2, 0.25) is 0 Å². The Hall–Kier alpha value is -2.75. The Bertz CT molecular complexity index is 745. The molecule has 0 radical (unpaired) electrons. The number of non-ortho nitro benzene ring substituents is 1. The molecule has 1 heterocycles. The maximum Gasteiger partial charge on any atom is 0.321 e. The highest BCUT2D eigenvalue weighted by molar-refractivity contribution is 7.22. The van der Waals surface area contributed by atoms with Gasteiger partial charge in [0.05, 0.1) is 28.2 Å². The normalized spacial score (nSPS) is 10.3. The van der Waals surface area contributed by atoms with Gasteiger partial charge < -0.3 is 10.1 Å². The van der Waals surface area contributed by atoms with E-state index in [1.165, 1.54) is 18.2 Å². The van der Waals surface area contributed by atoms with Crippen LogP contribution in [-0.4, -0.2) is 35.1 Å². The van der Waals surface area contributed by atoms with E-state index in [0.29, 0.717) is 22.0 Å². The molecule has 23 heavy (non-hydrogen) atoms. The Labute approximate surface area is 134 Å². The highest BCUT2D eigenvalue weighted by Gasteiger charge is 2.12. The topological polar surface area (TPSA) is 123 Å². The van der Waals surface area contributed by atoms with Gasteiger partial charge in [0.15, 0.2) is 5.13 Å². The van der Waals surface area contributed by atoms with Gasteiger partial charge in [0, 0.05) is 18.7 Å². The summed E-state index contributed by atoms with van der Waals surface area (Å²) in [5.41, 5.74) is 0.522. The zero-order valence-corrected chi connectivity index (χ0v) is 13.0. The summed E-state index contributed by atoms with van der Waals surface area (Å²) in [6.45, 7) is 2.14. The minimum Gasteiger partial charge on any atom is -0.466 e. The third kappa shape index (κ3) is 4.61. The monoisotopic (exact) mass is 338 g/mol. The Kier molecular flexibility index (Phi) is 5.41. The van der Waals surface area contributed by atoms with Crippen molar-refractivity contribution in [3.05, 3.63) is 28.3 Å². The van der Waals surface area contributed by atoms with E-state index >= 15 is 0 Å². The van der Waals surface area contributed by atoms with Crippen molar-refractivity contribution < 1.29 is 19.2 Å². The fourth-order valence-electron chi connectivity index (χ4n) is 1.73. The van der Waals surface area contributed by atoms with Crippen LogP contribution in [-0.2, 0) is 9.53 Å². The van der Waals surface area contributed by atoms with Gasteiger partial charge in [-0.1, -0.05) is 11.3 Å². The standard InChI is InChI=1S/C13H14N4O5S/c1-2-22-11(18)5-6-14-12(19)16-13-15-9-4-3-8(17(20)21)7-10(9)23-13/h3-4,7H,2,5-6H2,1H3,(H2,14,15,16,19). The summed E-state index contributed by atoms with van der Waals surface area (Å²) < 4.78 is 5.33. The number of hydrogen-bond acceptors (Lipinski definition) is 7. The van der Waals surface area contributed by atoms with Crippen molar-refractivity contribution in [3.63, 3.8) is 0 Å². The lowest BCUT2D eigenvalue weighted by atomic mass is 10.3. The number of anilines is 1. The van der Waals surface area contributed by atoms with Crippen LogP contribution in [0.3, 0.4) is 0 Å². The van der Waals surface area contributed by atoms with Gasteiger partial charge in [-0.25, -0.2) is 9.78 Å². The number of rotatable bonds is 6. The highest BCUT2D eigenvalue weighted by atomic mass is 32.1. The molecule has 0 aliphatic heterocycles. The van der Waals surface area contributed by atoms with Crippen LogP contribution in [0.2, 0.25) is 0 Å². The second kappa shape index (κ2) is 7.49. The summed E-state index contributed by atoms with van der Waals surface area (Å²) in [7, 11) is 0. The fraction of sp³-hybridized carbons (Fsp3) is 0.308. The molecule has 1 aromatic carbocycles. The van der Waals surface area contributed by atoms with Crippen molar-refractivity contribution in [2.45, 2.75) is 13.3 Å². The average Bonchev–Trinajstić information content (AvgIpc) is 2.88. The molecule has 0 unspecified atom stereocenters. The van der Waals surface area contributed by atoms with Crippen LogP contribution in [0.5, 0.6) is 0 Å². The number of carbonyl (C=O) groups is 2. The predicted molar refractivity (Wildman–Crippen MR) is 84.5 cm³/mol. The molecule has 2 aromatic rings. The first-order valence-electron chi connectivity index (χ1n) is 6.75. The molecule has 10 heteroatoms. The van der Waals surface area contributed by atoms with E-state index in [4.69, 9.17) is 4.74 Å². The first-order chi connectivity index (χ1) is 11.0. The van der Waals surface area contributed by atoms with E-state index in [0.717, 1.165) is 11.3 Å². The highest BCUT2D eigenvalue weighted by Crippen LogP contribution is 2.28.